The Balaban J connectivity index is 2.29. The highest BCUT2D eigenvalue weighted by Crippen LogP contribution is 2.43. The van der Waals surface area contributed by atoms with E-state index >= 15 is 0 Å². The fraction of sp³-hybridized carbons (Fsp3) is 0.273. The molecule has 6 nitrogen and oxygen atoms in total. The number of hydrogen-bond donors (Lipinski definition) is 1. The van der Waals surface area contributed by atoms with Crippen LogP contribution < -0.4 is 9.47 Å². The Morgan fingerprint density at radius 3 is 2.43 bits per heavy atom. The second-order valence-corrected chi connectivity index (χ2v) is 7.11. The number of benzene rings is 2. The van der Waals surface area contributed by atoms with Crippen molar-refractivity contribution in [2.45, 2.75) is 19.4 Å². The molecular formula is C22H21ClFNO5. The third-order valence-corrected chi connectivity index (χ3v) is 5.23. The van der Waals surface area contributed by atoms with Gasteiger partial charge >= 0.3 is 0 Å². The summed E-state index contributed by atoms with van der Waals surface area (Å²) in [5.41, 5.74) is -0.0116. The van der Waals surface area contributed by atoms with E-state index in [0.717, 1.165) is 0 Å². The van der Waals surface area contributed by atoms with Crippen LogP contribution in [0.15, 0.2) is 42.0 Å². The molecule has 0 bridgehead atoms. The number of hydrogen-bond acceptors (Lipinski definition) is 5. The van der Waals surface area contributed by atoms with E-state index in [1.54, 1.807) is 6.07 Å². The van der Waals surface area contributed by atoms with E-state index < -0.39 is 29.3 Å². The van der Waals surface area contributed by atoms with Crippen LogP contribution in [-0.4, -0.2) is 42.5 Å². The largest absolute Gasteiger partial charge is 0.507 e. The number of ether oxygens (including phenoxy) is 2. The predicted octanol–water partition coefficient (Wildman–Crippen LogP) is 4.33. The third kappa shape index (κ3) is 3.61. The van der Waals surface area contributed by atoms with Crippen LogP contribution in [0.1, 0.15) is 30.5 Å². The van der Waals surface area contributed by atoms with Crippen LogP contribution >= 0.6 is 11.6 Å². The predicted molar refractivity (Wildman–Crippen MR) is 110 cm³/mol. The molecule has 0 spiro atoms. The molecule has 1 amide bonds. The maximum atomic E-state index is 14.6. The number of aliphatic hydroxyl groups is 1. The van der Waals surface area contributed by atoms with Crippen molar-refractivity contribution >= 4 is 29.1 Å². The summed E-state index contributed by atoms with van der Waals surface area (Å²) in [5.74, 6) is -2.30. The van der Waals surface area contributed by atoms with E-state index in [1.807, 2.05) is 6.92 Å². The van der Waals surface area contributed by atoms with Crippen molar-refractivity contribution in [2.75, 3.05) is 20.8 Å². The smallest absolute Gasteiger partial charge is 0.295 e. The van der Waals surface area contributed by atoms with Crippen LogP contribution in [0.25, 0.3) is 5.76 Å². The number of carbonyl (C=O) groups is 2. The Bertz CT molecular complexity index is 1040. The standard InChI is InChI=1S/C22H21ClFNO5/c1-4-9-25-19(12-7-5-6-8-15(12)24)18(21(27)22(25)28)20(26)13-10-14(23)17(30-3)11-16(13)29-2/h5-8,10-11,19,26H,4,9H2,1-3H3/b20-18+. The summed E-state index contributed by atoms with van der Waals surface area (Å²) in [6.45, 7) is 2.06. The van der Waals surface area contributed by atoms with Crippen LogP contribution in [0.3, 0.4) is 0 Å². The fourth-order valence-electron chi connectivity index (χ4n) is 3.56. The Hall–Kier alpha value is -3.06. The molecule has 0 aliphatic carbocycles. The molecule has 1 atom stereocenters. The lowest BCUT2D eigenvalue weighted by molar-refractivity contribution is -0.139. The fourth-order valence-corrected chi connectivity index (χ4v) is 3.80. The van der Waals surface area contributed by atoms with Crippen molar-refractivity contribution in [3.05, 3.63) is 63.9 Å². The van der Waals surface area contributed by atoms with Gasteiger partial charge in [-0.15, -0.1) is 0 Å². The summed E-state index contributed by atoms with van der Waals surface area (Å²) >= 11 is 6.19. The normalized spacial score (nSPS) is 18.0. The van der Waals surface area contributed by atoms with E-state index in [1.165, 1.54) is 49.5 Å². The molecule has 1 saturated heterocycles. The number of nitrogens with zero attached hydrogens (tertiary/aromatic N) is 1. The topological polar surface area (TPSA) is 76.1 Å². The lowest BCUT2D eigenvalue weighted by Gasteiger charge is -2.25. The summed E-state index contributed by atoms with van der Waals surface area (Å²) in [7, 11) is 2.80. The number of methoxy groups -OCH3 is 2. The van der Waals surface area contributed by atoms with Gasteiger partial charge in [0, 0.05) is 18.2 Å². The molecule has 1 aliphatic rings. The Labute approximate surface area is 178 Å². The number of ketones is 1. The number of rotatable bonds is 6. The van der Waals surface area contributed by atoms with Crippen molar-refractivity contribution in [1.29, 1.82) is 0 Å². The molecule has 3 rings (SSSR count). The van der Waals surface area contributed by atoms with Gasteiger partial charge in [-0.1, -0.05) is 36.7 Å². The average molecular weight is 434 g/mol. The highest BCUT2D eigenvalue weighted by atomic mass is 35.5. The van der Waals surface area contributed by atoms with Gasteiger partial charge in [-0.25, -0.2) is 4.39 Å². The summed E-state index contributed by atoms with van der Waals surface area (Å²) in [5, 5.41) is 11.3. The van der Waals surface area contributed by atoms with Gasteiger partial charge in [0.2, 0.25) is 0 Å². The van der Waals surface area contributed by atoms with Crippen molar-refractivity contribution in [3.63, 3.8) is 0 Å². The van der Waals surface area contributed by atoms with Crippen LogP contribution in [0, 0.1) is 5.82 Å². The quantitative estimate of drug-likeness (QED) is 0.417. The highest BCUT2D eigenvalue weighted by molar-refractivity contribution is 6.46. The first-order valence-corrected chi connectivity index (χ1v) is 9.68. The molecule has 1 unspecified atom stereocenters. The summed E-state index contributed by atoms with van der Waals surface area (Å²) in [4.78, 5) is 26.8. The van der Waals surface area contributed by atoms with Gasteiger partial charge in [0.1, 0.15) is 23.1 Å². The molecule has 2 aromatic rings. The monoisotopic (exact) mass is 433 g/mol. The minimum absolute atomic E-state index is 0.0964. The van der Waals surface area contributed by atoms with E-state index in [9.17, 15) is 19.1 Å². The summed E-state index contributed by atoms with van der Waals surface area (Å²) in [6, 6.07) is 7.60. The van der Waals surface area contributed by atoms with Crippen molar-refractivity contribution in [3.8, 4) is 11.5 Å². The Morgan fingerprint density at radius 2 is 1.83 bits per heavy atom. The minimum atomic E-state index is -1.07. The SMILES string of the molecule is CCCN1C(=O)C(=O)/C(=C(/O)c2cc(Cl)c(OC)cc2OC)C1c1ccccc1F. The first-order valence-electron chi connectivity index (χ1n) is 9.30. The molecule has 0 aromatic heterocycles. The van der Waals surface area contributed by atoms with E-state index in [0.29, 0.717) is 12.2 Å². The number of halogens is 2. The van der Waals surface area contributed by atoms with Gasteiger partial charge < -0.3 is 19.5 Å². The average Bonchev–Trinajstić information content (AvgIpc) is 2.98. The molecule has 1 heterocycles. The first kappa shape index (κ1) is 21.6. The van der Waals surface area contributed by atoms with Gasteiger partial charge in [-0.05, 0) is 18.6 Å². The van der Waals surface area contributed by atoms with Gasteiger partial charge in [-0.2, -0.15) is 0 Å². The van der Waals surface area contributed by atoms with Gasteiger partial charge in [-0.3, -0.25) is 9.59 Å². The molecule has 158 valence electrons. The number of Topliss-reactive ketones (excluding diaryl/α,β-unsaturated/α-hetero) is 1. The number of carbonyl (C=O) groups excluding carboxylic acids is 2. The second kappa shape index (κ2) is 8.75. The van der Waals surface area contributed by atoms with Crippen molar-refractivity contribution in [2.24, 2.45) is 0 Å². The number of aliphatic hydroxyl groups excluding tert-OH is 1. The maximum absolute atomic E-state index is 14.6. The molecule has 8 heteroatoms. The molecular weight excluding hydrogens is 413 g/mol. The Kier molecular flexibility index (Phi) is 6.31. The highest BCUT2D eigenvalue weighted by Gasteiger charge is 2.46. The van der Waals surface area contributed by atoms with Crippen LogP contribution in [0.4, 0.5) is 4.39 Å². The first-order chi connectivity index (χ1) is 14.3. The van der Waals surface area contributed by atoms with E-state index in [4.69, 9.17) is 21.1 Å². The zero-order chi connectivity index (χ0) is 22.0. The van der Waals surface area contributed by atoms with Crippen LogP contribution in [0.5, 0.6) is 11.5 Å². The maximum Gasteiger partial charge on any atom is 0.295 e. The second-order valence-electron chi connectivity index (χ2n) is 6.70. The molecule has 0 saturated carbocycles. The molecule has 1 aliphatic heterocycles. The summed E-state index contributed by atoms with van der Waals surface area (Å²) in [6.07, 6.45) is 0.551. The zero-order valence-corrected chi connectivity index (χ0v) is 17.5. The van der Waals surface area contributed by atoms with E-state index in [2.05, 4.69) is 0 Å². The minimum Gasteiger partial charge on any atom is -0.507 e. The number of amides is 1. The molecule has 0 radical (unpaired) electrons. The zero-order valence-electron chi connectivity index (χ0n) is 16.7. The lowest BCUT2D eigenvalue weighted by atomic mass is 9.94. The van der Waals surface area contributed by atoms with Crippen molar-refractivity contribution < 1.29 is 28.6 Å². The lowest BCUT2D eigenvalue weighted by Crippen LogP contribution is -2.30. The third-order valence-electron chi connectivity index (χ3n) is 4.93. The summed E-state index contributed by atoms with van der Waals surface area (Å²) < 4.78 is 25.1. The van der Waals surface area contributed by atoms with Gasteiger partial charge in [0.05, 0.1) is 36.4 Å². The Morgan fingerprint density at radius 1 is 1.17 bits per heavy atom. The van der Waals surface area contributed by atoms with Gasteiger partial charge in [0.15, 0.2) is 0 Å². The van der Waals surface area contributed by atoms with Gasteiger partial charge in [0.25, 0.3) is 11.7 Å². The van der Waals surface area contributed by atoms with Crippen LogP contribution in [0.2, 0.25) is 5.02 Å². The van der Waals surface area contributed by atoms with Crippen molar-refractivity contribution in [1.82, 2.24) is 4.90 Å². The van der Waals surface area contributed by atoms with Crippen LogP contribution in [-0.2, 0) is 9.59 Å². The molecule has 2 aromatic carbocycles. The molecule has 1 N–H and O–H groups in total. The van der Waals surface area contributed by atoms with E-state index in [-0.39, 0.29) is 34.0 Å². The molecule has 30 heavy (non-hydrogen) atoms. The number of likely N-dealkylation sites (tertiary alicyclic amines) is 1. The molecule has 1 fully saturated rings.